The van der Waals surface area contributed by atoms with Gasteiger partial charge in [0.15, 0.2) is 5.11 Å². The molecular formula is C22H20N2O2S. The van der Waals surface area contributed by atoms with Crippen LogP contribution in [0.4, 0.5) is 5.69 Å². The van der Waals surface area contributed by atoms with Gasteiger partial charge in [-0.2, -0.15) is 0 Å². The maximum absolute atomic E-state index is 12.1. The average molecular weight is 376 g/mol. The van der Waals surface area contributed by atoms with Gasteiger partial charge < -0.3 is 10.1 Å². The number of anilines is 1. The lowest BCUT2D eigenvalue weighted by molar-refractivity contribution is 0.0977. The highest BCUT2D eigenvalue weighted by atomic mass is 32.1. The van der Waals surface area contributed by atoms with E-state index in [-0.39, 0.29) is 11.0 Å². The van der Waals surface area contributed by atoms with E-state index in [4.69, 9.17) is 17.0 Å². The molecule has 0 aliphatic carbocycles. The molecule has 0 aliphatic rings. The van der Waals surface area contributed by atoms with Crippen LogP contribution in [0.5, 0.6) is 5.75 Å². The number of aryl methyl sites for hydroxylation is 1. The van der Waals surface area contributed by atoms with Crippen molar-refractivity contribution in [1.82, 2.24) is 5.32 Å². The molecule has 0 radical (unpaired) electrons. The van der Waals surface area contributed by atoms with Gasteiger partial charge in [0, 0.05) is 11.3 Å². The van der Waals surface area contributed by atoms with Gasteiger partial charge in [0.25, 0.3) is 5.91 Å². The number of amides is 1. The molecule has 3 rings (SSSR count). The normalized spacial score (nSPS) is 10.1. The van der Waals surface area contributed by atoms with Crippen LogP contribution in [0.1, 0.15) is 21.5 Å². The Morgan fingerprint density at radius 3 is 2.30 bits per heavy atom. The van der Waals surface area contributed by atoms with Gasteiger partial charge in [-0.15, -0.1) is 0 Å². The number of carbonyl (C=O) groups excluding carboxylic acids is 1. The van der Waals surface area contributed by atoms with E-state index in [1.807, 2.05) is 42.5 Å². The molecule has 0 bridgehead atoms. The Hall–Kier alpha value is -3.18. The van der Waals surface area contributed by atoms with Gasteiger partial charge >= 0.3 is 0 Å². The predicted octanol–water partition coefficient (Wildman–Crippen LogP) is 4.70. The summed E-state index contributed by atoms with van der Waals surface area (Å²) in [4.78, 5) is 12.1. The van der Waals surface area contributed by atoms with Crippen molar-refractivity contribution in [3.63, 3.8) is 0 Å². The maximum atomic E-state index is 12.1. The van der Waals surface area contributed by atoms with Crippen LogP contribution in [0.3, 0.4) is 0 Å². The van der Waals surface area contributed by atoms with Crippen LogP contribution in [0.15, 0.2) is 78.9 Å². The SMILES string of the molecule is Cc1ccccc1COc1ccc(NC(=S)NC(=O)c2ccccc2)cc1. The second-order valence-electron chi connectivity index (χ2n) is 6.01. The van der Waals surface area contributed by atoms with E-state index < -0.39 is 0 Å². The third-order valence-corrected chi connectivity index (χ3v) is 4.23. The summed E-state index contributed by atoms with van der Waals surface area (Å²) in [5.74, 6) is 0.523. The Morgan fingerprint density at radius 2 is 1.59 bits per heavy atom. The van der Waals surface area contributed by atoms with Crippen LogP contribution in [-0.4, -0.2) is 11.0 Å². The Labute approximate surface area is 164 Å². The number of benzene rings is 3. The Balaban J connectivity index is 1.52. The molecule has 136 valence electrons. The van der Waals surface area contributed by atoms with Crippen LogP contribution in [0.25, 0.3) is 0 Å². The molecule has 0 saturated heterocycles. The van der Waals surface area contributed by atoms with Crippen molar-refractivity contribution >= 4 is 28.9 Å². The molecule has 27 heavy (non-hydrogen) atoms. The molecule has 0 atom stereocenters. The molecule has 1 amide bonds. The molecule has 0 unspecified atom stereocenters. The van der Waals surface area contributed by atoms with Gasteiger partial charge in [0.05, 0.1) is 0 Å². The first-order valence-electron chi connectivity index (χ1n) is 8.56. The summed E-state index contributed by atoms with van der Waals surface area (Å²) in [6.45, 7) is 2.58. The topological polar surface area (TPSA) is 50.4 Å². The summed E-state index contributed by atoms with van der Waals surface area (Å²) in [5, 5.41) is 5.91. The van der Waals surface area contributed by atoms with E-state index in [9.17, 15) is 4.79 Å². The zero-order valence-corrected chi connectivity index (χ0v) is 15.8. The minimum absolute atomic E-state index is 0.244. The summed E-state index contributed by atoms with van der Waals surface area (Å²) < 4.78 is 5.82. The third-order valence-electron chi connectivity index (χ3n) is 4.03. The van der Waals surface area contributed by atoms with E-state index in [0.29, 0.717) is 12.2 Å². The van der Waals surface area contributed by atoms with Crippen molar-refractivity contribution in [2.24, 2.45) is 0 Å². The highest BCUT2D eigenvalue weighted by Crippen LogP contribution is 2.18. The Morgan fingerprint density at radius 1 is 0.926 bits per heavy atom. The zero-order chi connectivity index (χ0) is 19.1. The molecule has 0 heterocycles. The summed E-state index contributed by atoms with van der Waals surface area (Å²) in [7, 11) is 0. The maximum Gasteiger partial charge on any atom is 0.257 e. The van der Waals surface area contributed by atoms with E-state index in [1.54, 1.807) is 24.3 Å². The smallest absolute Gasteiger partial charge is 0.257 e. The van der Waals surface area contributed by atoms with E-state index >= 15 is 0 Å². The van der Waals surface area contributed by atoms with Crippen molar-refractivity contribution in [2.75, 3.05) is 5.32 Å². The average Bonchev–Trinajstić information content (AvgIpc) is 2.69. The van der Waals surface area contributed by atoms with E-state index in [1.165, 1.54) is 5.56 Å². The molecule has 0 aromatic heterocycles. The first-order valence-corrected chi connectivity index (χ1v) is 8.97. The number of hydrogen-bond acceptors (Lipinski definition) is 3. The largest absolute Gasteiger partial charge is 0.489 e. The van der Waals surface area contributed by atoms with E-state index in [0.717, 1.165) is 17.0 Å². The molecule has 0 aliphatic heterocycles. The fraction of sp³-hybridized carbons (Fsp3) is 0.0909. The Kier molecular flexibility index (Phi) is 6.18. The summed E-state index contributed by atoms with van der Waals surface area (Å²) in [6.07, 6.45) is 0. The molecule has 0 spiro atoms. The lowest BCUT2D eigenvalue weighted by Gasteiger charge is -2.11. The number of ether oxygens (including phenoxy) is 1. The number of carbonyl (C=O) groups is 1. The van der Waals surface area contributed by atoms with Gasteiger partial charge in [-0.3, -0.25) is 10.1 Å². The predicted molar refractivity (Wildman–Crippen MR) is 112 cm³/mol. The molecule has 3 aromatic rings. The van der Waals surface area contributed by atoms with Crippen molar-refractivity contribution < 1.29 is 9.53 Å². The quantitative estimate of drug-likeness (QED) is 0.634. The van der Waals surface area contributed by atoms with E-state index in [2.05, 4.69) is 29.7 Å². The second kappa shape index (κ2) is 8.96. The lowest BCUT2D eigenvalue weighted by Crippen LogP contribution is -2.34. The van der Waals surface area contributed by atoms with Crippen LogP contribution < -0.4 is 15.4 Å². The summed E-state index contributed by atoms with van der Waals surface area (Å²) >= 11 is 5.20. The van der Waals surface area contributed by atoms with Gasteiger partial charge in [0.1, 0.15) is 12.4 Å². The first kappa shape index (κ1) is 18.6. The summed E-state index contributed by atoms with van der Waals surface area (Å²) in [5.41, 5.74) is 3.69. The molecule has 0 fully saturated rings. The van der Waals surface area contributed by atoms with Crippen molar-refractivity contribution in [2.45, 2.75) is 13.5 Å². The lowest BCUT2D eigenvalue weighted by atomic mass is 10.1. The van der Waals surface area contributed by atoms with Crippen LogP contribution in [0, 0.1) is 6.92 Å². The Bertz CT molecular complexity index is 925. The third kappa shape index (κ3) is 5.39. The van der Waals surface area contributed by atoms with Crippen molar-refractivity contribution in [3.8, 4) is 5.75 Å². The standard InChI is InChI=1S/C22H20N2O2S/c1-16-7-5-6-10-18(16)15-26-20-13-11-19(12-14-20)23-22(27)24-21(25)17-8-3-2-4-9-17/h2-14H,15H2,1H3,(H2,23,24,25,27). The number of thiocarbonyl (C=S) groups is 1. The fourth-order valence-corrected chi connectivity index (χ4v) is 2.71. The van der Waals surface area contributed by atoms with Crippen LogP contribution in [0.2, 0.25) is 0 Å². The van der Waals surface area contributed by atoms with Gasteiger partial charge in [-0.25, -0.2) is 0 Å². The minimum atomic E-state index is -0.244. The van der Waals surface area contributed by atoms with Crippen molar-refractivity contribution in [1.29, 1.82) is 0 Å². The molecule has 2 N–H and O–H groups in total. The van der Waals surface area contributed by atoms with Gasteiger partial charge in [-0.05, 0) is 66.7 Å². The minimum Gasteiger partial charge on any atom is -0.489 e. The molecule has 4 nitrogen and oxygen atoms in total. The number of nitrogens with one attached hydrogen (secondary N) is 2. The number of hydrogen-bond donors (Lipinski definition) is 2. The first-order chi connectivity index (χ1) is 13.1. The van der Waals surface area contributed by atoms with Crippen molar-refractivity contribution in [3.05, 3.63) is 95.6 Å². The summed E-state index contributed by atoms with van der Waals surface area (Å²) in [6, 6.07) is 24.5. The van der Waals surface area contributed by atoms with Crippen LogP contribution in [-0.2, 0) is 6.61 Å². The fourth-order valence-electron chi connectivity index (χ4n) is 2.49. The van der Waals surface area contributed by atoms with Gasteiger partial charge in [-0.1, -0.05) is 42.5 Å². The molecule has 0 saturated carbocycles. The van der Waals surface area contributed by atoms with Crippen LogP contribution >= 0.6 is 12.2 Å². The zero-order valence-electron chi connectivity index (χ0n) is 14.9. The second-order valence-corrected chi connectivity index (χ2v) is 6.42. The highest BCUT2D eigenvalue weighted by Gasteiger charge is 2.07. The molecular weight excluding hydrogens is 356 g/mol. The highest BCUT2D eigenvalue weighted by molar-refractivity contribution is 7.80. The molecule has 3 aromatic carbocycles. The molecule has 5 heteroatoms. The van der Waals surface area contributed by atoms with Gasteiger partial charge in [0.2, 0.25) is 0 Å². The monoisotopic (exact) mass is 376 g/mol. The number of rotatable bonds is 5.